The third-order valence-electron chi connectivity index (χ3n) is 4.84. The number of sulfonamides is 1. The van der Waals surface area contributed by atoms with Gasteiger partial charge in [-0.1, -0.05) is 24.3 Å². The maximum atomic E-state index is 12.7. The number of nitrogens with one attached hydrogen (secondary N) is 1. The Morgan fingerprint density at radius 3 is 2.39 bits per heavy atom. The molecule has 4 aromatic rings. The van der Waals surface area contributed by atoms with Crippen LogP contribution in [0.1, 0.15) is 28.2 Å². The average Bonchev–Trinajstić information content (AvgIpc) is 3.40. The Morgan fingerprint density at radius 1 is 1.00 bits per heavy atom. The van der Waals surface area contributed by atoms with Crippen molar-refractivity contribution in [2.24, 2.45) is 0 Å². The van der Waals surface area contributed by atoms with Gasteiger partial charge in [0.15, 0.2) is 0 Å². The van der Waals surface area contributed by atoms with Gasteiger partial charge in [-0.2, -0.15) is 0 Å². The molecule has 2 aromatic carbocycles. The number of nitrogens with zero attached hydrogens (tertiary/aromatic N) is 2. The van der Waals surface area contributed by atoms with Gasteiger partial charge in [-0.15, -0.1) is 22.7 Å². The second-order valence-corrected chi connectivity index (χ2v) is 11.5. The average molecular weight is 472 g/mol. The van der Waals surface area contributed by atoms with Crippen LogP contribution >= 0.6 is 22.7 Å². The molecule has 0 radical (unpaired) electrons. The third kappa shape index (κ3) is 4.40. The Labute approximate surface area is 189 Å². The van der Waals surface area contributed by atoms with E-state index in [1.54, 1.807) is 41.7 Å². The smallest absolute Gasteiger partial charge is 0.261 e. The van der Waals surface area contributed by atoms with E-state index in [1.165, 1.54) is 29.7 Å². The molecule has 0 aliphatic carbocycles. The van der Waals surface area contributed by atoms with Crippen molar-refractivity contribution in [3.8, 4) is 9.88 Å². The maximum absolute atomic E-state index is 12.7. The molecule has 0 bridgehead atoms. The lowest BCUT2D eigenvalue weighted by atomic mass is 10.1. The summed E-state index contributed by atoms with van der Waals surface area (Å²) in [5, 5.41) is 3.88. The monoisotopic (exact) mass is 471 g/mol. The zero-order chi connectivity index (χ0) is 22.2. The van der Waals surface area contributed by atoms with Gasteiger partial charge < -0.3 is 5.32 Å². The normalized spacial score (nSPS) is 12.9. The molecule has 0 saturated heterocycles. The molecule has 0 fully saturated rings. The van der Waals surface area contributed by atoms with Gasteiger partial charge in [0.1, 0.15) is 5.01 Å². The van der Waals surface area contributed by atoms with Gasteiger partial charge in [0.05, 0.1) is 30.9 Å². The van der Waals surface area contributed by atoms with E-state index in [1.807, 2.05) is 37.3 Å². The van der Waals surface area contributed by atoms with Crippen LogP contribution in [-0.4, -0.2) is 37.7 Å². The molecule has 0 saturated carbocycles. The molecular weight excluding hydrogens is 450 g/mol. The number of thiazole rings is 1. The van der Waals surface area contributed by atoms with Crippen molar-refractivity contribution in [2.45, 2.75) is 17.9 Å². The standard InChI is InChI=1S/C22H21N3O3S3/c1-14(15-8-10-16(11-9-15)31(27,28)25(2)3)23-21(26)19-12-13-20(29-19)22-24-17-6-4-5-7-18(17)30-22/h4-14H,1-3H3,(H,23,26). The van der Waals surface area contributed by atoms with Crippen LogP contribution in [-0.2, 0) is 10.0 Å². The minimum absolute atomic E-state index is 0.171. The van der Waals surface area contributed by atoms with E-state index in [0.717, 1.165) is 25.7 Å². The second-order valence-electron chi connectivity index (χ2n) is 7.20. The quantitative estimate of drug-likeness (QED) is 0.439. The molecule has 2 heterocycles. The molecular formula is C22H21N3O3S3. The van der Waals surface area contributed by atoms with Gasteiger partial charge in [0.25, 0.3) is 5.91 Å². The highest BCUT2D eigenvalue weighted by Crippen LogP contribution is 2.34. The zero-order valence-electron chi connectivity index (χ0n) is 17.2. The number of carbonyl (C=O) groups excluding carboxylic acids is 1. The SMILES string of the molecule is CC(NC(=O)c1ccc(-c2nc3ccccc3s2)s1)c1ccc(S(=O)(=O)N(C)C)cc1. The fourth-order valence-corrected chi connectivity index (χ4v) is 5.87. The zero-order valence-corrected chi connectivity index (χ0v) is 19.6. The van der Waals surface area contributed by atoms with Crippen LogP contribution < -0.4 is 5.32 Å². The summed E-state index contributed by atoms with van der Waals surface area (Å²) < 4.78 is 26.7. The van der Waals surface area contributed by atoms with Gasteiger partial charge in [0, 0.05) is 14.1 Å². The molecule has 160 valence electrons. The van der Waals surface area contributed by atoms with E-state index in [4.69, 9.17) is 0 Å². The van der Waals surface area contributed by atoms with Crippen molar-refractivity contribution in [1.82, 2.24) is 14.6 Å². The van der Waals surface area contributed by atoms with Gasteiger partial charge in [-0.25, -0.2) is 17.7 Å². The Morgan fingerprint density at radius 2 is 1.71 bits per heavy atom. The fraction of sp³-hybridized carbons (Fsp3) is 0.182. The molecule has 6 nitrogen and oxygen atoms in total. The molecule has 2 aromatic heterocycles. The Hall–Kier alpha value is -2.59. The second kappa shape index (κ2) is 8.51. The van der Waals surface area contributed by atoms with Crippen LogP contribution in [0.5, 0.6) is 0 Å². The molecule has 1 N–H and O–H groups in total. The summed E-state index contributed by atoms with van der Waals surface area (Å²) in [6.45, 7) is 1.87. The predicted molar refractivity (Wildman–Crippen MR) is 126 cm³/mol. The maximum Gasteiger partial charge on any atom is 0.261 e. The minimum Gasteiger partial charge on any atom is -0.345 e. The largest absolute Gasteiger partial charge is 0.345 e. The van der Waals surface area contributed by atoms with Crippen LogP contribution in [0.4, 0.5) is 0 Å². The predicted octanol–water partition coefficient (Wildman–Crippen LogP) is 4.77. The van der Waals surface area contributed by atoms with E-state index < -0.39 is 10.0 Å². The number of carbonyl (C=O) groups is 1. The van der Waals surface area contributed by atoms with Gasteiger partial charge in [-0.05, 0) is 48.9 Å². The lowest BCUT2D eigenvalue weighted by molar-refractivity contribution is 0.0944. The van der Waals surface area contributed by atoms with E-state index >= 15 is 0 Å². The topological polar surface area (TPSA) is 79.4 Å². The van der Waals surface area contributed by atoms with Crippen LogP contribution in [0, 0.1) is 0 Å². The van der Waals surface area contributed by atoms with Crippen molar-refractivity contribution >= 4 is 48.8 Å². The van der Waals surface area contributed by atoms with Crippen molar-refractivity contribution in [3.63, 3.8) is 0 Å². The third-order valence-corrected chi connectivity index (χ3v) is 8.96. The summed E-state index contributed by atoms with van der Waals surface area (Å²) in [6, 6.07) is 18.0. The first-order chi connectivity index (χ1) is 14.8. The van der Waals surface area contributed by atoms with Crippen LogP contribution in [0.15, 0.2) is 65.6 Å². The van der Waals surface area contributed by atoms with E-state index in [2.05, 4.69) is 10.3 Å². The van der Waals surface area contributed by atoms with Crippen molar-refractivity contribution in [3.05, 3.63) is 71.1 Å². The van der Waals surface area contributed by atoms with Crippen LogP contribution in [0.25, 0.3) is 20.1 Å². The first-order valence-electron chi connectivity index (χ1n) is 9.55. The number of benzene rings is 2. The molecule has 9 heteroatoms. The number of hydrogen-bond donors (Lipinski definition) is 1. The molecule has 1 atom stereocenters. The first kappa shape index (κ1) is 21.6. The molecule has 0 spiro atoms. The number of amides is 1. The molecule has 1 unspecified atom stereocenters. The summed E-state index contributed by atoms with van der Waals surface area (Å²) >= 11 is 3.01. The Balaban J connectivity index is 1.47. The Bertz CT molecular complexity index is 1310. The molecule has 0 aliphatic heterocycles. The van der Waals surface area contributed by atoms with E-state index in [9.17, 15) is 13.2 Å². The molecule has 0 aliphatic rings. The molecule has 1 amide bonds. The number of hydrogen-bond acceptors (Lipinski definition) is 6. The van der Waals surface area contributed by atoms with Crippen molar-refractivity contribution in [2.75, 3.05) is 14.1 Å². The van der Waals surface area contributed by atoms with Gasteiger partial charge in [-0.3, -0.25) is 4.79 Å². The van der Waals surface area contributed by atoms with Gasteiger partial charge >= 0.3 is 0 Å². The fourth-order valence-electron chi connectivity index (χ4n) is 3.04. The molecule has 31 heavy (non-hydrogen) atoms. The highest BCUT2D eigenvalue weighted by molar-refractivity contribution is 7.89. The Kier molecular flexibility index (Phi) is 5.94. The van der Waals surface area contributed by atoms with E-state index in [-0.39, 0.29) is 16.8 Å². The summed E-state index contributed by atoms with van der Waals surface area (Å²) in [5.41, 5.74) is 1.78. The highest BCUT2D eigenvalue weighted by Gasteiger charge is 2.19. The highest BCUT2D eigenvalue weighted by atomic mass is 32.2. The van der Waals surface area contributed by atoms with Gasteiger partial charge in [0.2, 0.25) is 10.0 Å². The number of thiophene rings is 1. The molecule has 4 rings (SSSR count). The first-order valence-corrected chi connectivity index (χ1v) is 12.6. The summed E-state index contributed by atoms with van der Waals surface area (Å²) in [4.78, 5) is 19.2. The van der Waals surface area contributed by atoms with E-state index in [0.29, 0.717) is 4.88 Å². The van der Waals surface area contributed by atoms with Crippen LogP contribution in [0.2, 0.25) is 0 Å². The summed E-state index contributed by atoms with van der Waals surface area (Å²) in [5.74, 6) is -0.171. The number of rotatable bonds is 6. The van der Waals surface area contributed by atoms with Crippen molar-refractivity contribution in [1.29, 1.82) is 0 Å². The number of para-hydroxylation sites is 1. The summed E-state index contributed by atoms with van der Waals surface area (Å²) in [6.07, 6.45) is 0. The lowest BCUT2D eigenvalue weighted by Gasteiger charge is -2.15. The number of fused-ring (bicyclic) bond motifs is 1. The van der Waals surface area contributed by atoms with Crippen molar-refractivity contribution < 1.29 is 13.2 Å². The summed E-state index contributed by atoms with van der Waals surface area (Å²) in [7, 11) is -0.485. The lowest BCUT2D eigenvalue weighted by Crippen LogP contribution is -2.26. The number of aromatic nitrogens is 1. The minimum atomic E-state index is -3.48. The van der Waals surface area contributed by atoms with Crippen LogP contribution in [0.3, 0.4) is 0 Å².